The third-order valence-electron chi connectivity index (χ3n) is 3.47. The molecule has 1 aliphatic heterocycles. The Hall–Kier alpha value is -2.29. The molecule has 0 aromatic heterocycles. The van der Waals surface area contributed by atoms with E-state index in [9.17, 15) is 0 Å². The van der Waals surface area contributed by atoms with Crippen LogP contribution in [0.15, 0.2) is 65.7 Å². The van der Waals surface area contributed by atoms with Gasteiger partial charge in [0, 0.05) is 17.7 Å². The normalized spacial score (nSPS) is 15.2. The van der Waals surface area contributed by atoms with E-state index in [2.05, 4.69) is 29.3 Å². The molecule has 0 aliphatic carbocycles. The highest BCUT2D eigenvalue weighted by molar-refractivity contribution is 6.18. The molecular weight excluding hydrogens is 243 g/mol. The average Bonchev–Trinajstić information content (AvgIpc) is 2.51. The lowest BCUT2D eigenvalue weighted by molar-refractivity contribution is 0.732. The molecule has 3 rings (SSSR count). The number of aliphatic imine (C=N–C) groups is 1. The summed E-state index contributed by atoms with van der Waals surface area (Å²) < 4.78 is 0. The molecule has 0 bridgehead atoms. The van der Waals surface area contributed by atoms with Gasteiger partial charge in [0.15, 0.2) is 0 Å². The maximum absolute atomic E-state index is 6.01. The van der Waals surface area contributed by atoms with E-state index < -0.39 is 0 Å². The Labute approximate surface area is 120 Å². The molecule has 2 aromatic rings. The van der Waals surface area contributed by atoms with Crippen LogP contribution in [0.4, 0.5) is 0 Å². The van der Waals surface area contributed by atoms with Gasteiger partial charge in [0.1, 0.15) is 0 Å². The molecule has 2 aromatic carbocycles. The first-order valence-corrected chi connectivity index (χ1v) is 6.67. The highest BCUT2D eigenvalue weighted by Gasteiger charge is 2.18. The number of rotatable bonds is 2. The molecule has 96 valence electrons. The summed E-state index contributed by atoms with van der Waals surface area (Å²) in [5.41, 5.74) is 4.46. The third kappa shape index (κ3) is 2.39. The van der Waals surface area contributed by atoms with Crippen molar-refractivity contribution in [3.63, 3.8) is 0 Å². The molecular formula is C17H15BN2. The van der Waals surface area contributed by atoms with Crippen LogP contribution >= 0.6 is 0 Å². The van der Waals surface area contributed by atoms with E-state index in [4.69, 9.17) is 7.98 Å². The number of hydrogen-bond donors (Lipinski definition) is 0. The predicted octanol–water partition coefficient (Wildman–Crippen LogP) is 3.37. The molecule has 3 heteroatoms. The van der Waals surface area contributed by atoms with Crippen molar-refractivity contribution in [1.29, 1.82) is 0 Å². The van der Waals surface area contributed by atoms with Crippen molar-refractivity contribution in [3.8, 4) is 0 Å². The molecule has 0 saturated heterocycles. The Bertz CT molecular complexity index is 660. The fourth-order valence-corrected chi connectivity index (χ4v) is 2.36. The second-order valence-corrected chi connectivity index (χ2v) is 4.85. The van der Waals surface area contributed by atoms with Gasteiger partial charge in [0.05, 0.1) is 11.5 Å². The van der Waals surface area contributed by atoms with Crippen LogP contribution in [0.1, 0.15) is 18.1 Å². The number of benzene rings is 2. The van der Waals surface area contributed by atoms with Gasteiger partial charge in [-0.25, -0.2) is 4.99 Å². The summed E-state index contributed by atoms with van der Waals surface area (Å²) in [6.07, 6.45) is 0. The zero-order chi connectivity index (χ0) is 13.9. The number of amidine groups is 1. The summed E-state index contributed by atoms with van der Waals surface area (Å²) in [7, 11) is 6.01. The summed E-state index contributed by atoms with van der Waals surface area (Å²) in [4.78, 5) is 6.38. The van der Waals surface area contributed by atoms with Crippen LogP contribution in [-0.4, -0.2) is 25.2 Å². The van der Waals surface area contributed by atoms with Crippen LogP contribution in [-0.2, 0) is 0 Å². The molecule has 0 saturated carbocycles. The average molecular weight is 258 g/mol. The van der Waals surface area contributed by atoms with Crippen molar-refractivity contribution in [3.05, 3.63) is 71.8 Å². The van der Waals surface area contributed by atoms with Crippen LogP contribution < -0.4 is 0 Å². The molecule has 0 N–H and O–H groups in total. The molecule has 20 heavy (non-hydrogen) atoms. The van der Waals surface area contributed by atoms with E-state index in [1.165, 1.54) is 0 Å². The van der Waals surface area contributed by atoms with E-state index in [1.807, 2.05) is 43.3 Å². The second kappa shape index (κ2) is 5.37. The van der Waals surface area contributed by atoms with Crippen molar-refractivity contribution in [2.24, 2.45) is 4.99 Å². The minimum atomic E-state index is 0.670. The minimum Gasteiger partial charge on any atom is -0.410 e. The SMILES string of the molecule is [B]N1CC(c2ccccc2)=C(c2ccccc2)N=C1C. The number of hydrogen-bond acceptors (Lipinski definition) is 2. The fourth-order valence-electron chi connectivity index (χ4n) is 2.36. The Kier molecular flexibility index (Phi) is 3.42. The first kappa shape index (κ1) is 12.7. The zero-order valence-electron chi connectivity index (χ0n) is 11.5. The topological polar surface area (TPSA) is 15.6 Å². The standard InChI is InChI=1S/C17H15BN2/c1-13-19-17(15-10-6-3-7-11-15)16(12-20(13)18)14-8-4-2-5-9-14/h2-11H,12H2,1H3. The van der Waals surface area contributed by atoms with Crippen molar-refractivity contribution in [2.75, 3.05) is 6.54 Å². The third-order valence-corrected chi connectivity index (χ3v) is 3.47. The first-order valence-electron chi connectivity index (χ1n) is 6.67. The van der Waals surface area contributed by atoms with Crippen LogP contribution in [0.3, 0.4) is 0 Å². The van der Waals surface area contributed by atoms with Crippen LogP contribution in [0, 0.1) is 0 Å². The van der Waals surface area contributed by atoms with Gasteiger partial charge >= 0.3 is 0 Å². The Morgan fingerprint density at radius 1 is 0.900 bits per heavy atom. The van der Waals surface area contributed by atoms with Gasteiger partial charge < -0.3 is 4.81 Å². The van der Waals surface area contributed by atoms with Crippen molar-refractivity contribution < 1.29 is 0 Å². The largest absolute Gasteiger partial charge is 0.410 e. The maximum atomic E-state index is 6.01. The van der Waals surface area contributed by atoms with E-state index in [0.29, 0.717) is 6.54 Å². The summed E-state index contributed by atoms with van der Waals surface area (Å²) in [5, 5.41) is 0. The van der Waals surface area contributed by atoms with Gasteiger partial charge in [-0.1, -0.05) is 60.7 Å². The van der Waals surface area contributed by atoms with Gasteiger partial charge in [0.2, 0.25) is 7.98 Å². The molecule has 0 spiro atoms. The maximum Gasteiger partial charge on any atom is 0.228 e. The Morgan fingerprint density at radius 3 is 2.05 bits per heavy atom. The Balaban J connectivity index is 2.18. The van der Waals surface area contributed by atoms with Crippen molar-refractivity contribution >= 4 is 25.1 Å². The van der Waals surface area contributed by atoms with E-state index in [-0.39, 0.29) is 0 Å². The molecule has 1 heterocycles. The van der Waals surface area contributed by atoms with Crippen LogP contribution in [0.25, 0.3) is 11.3 Å². The molecule has 0 fully saturated rings. The van der Waals surface area contributed by atoms with E-state index in [1.54, 1.807) is 4.81 Å². The van der Waals surface area contributed by atoms with E-state index in [0.717, 1.165) is 28.2 Å². The summed E-state index contributed by atoms with van der Waals surface area (Å²) in [5.74, 6) is 0.837. The molecule has 0 amide bonds. The smallest absolute Gasteiger partial charge is 0.228 e. The Morgan fingerprint density at radius 2 is 1.45 bits per heavy atom. The van der Waals surface area contributed by atoms with Crippen molar-refractivity contribution in [1.82, 2.24) is 4.81 Å². The summed E-state index contributed by atoms with van der Waals surface area (Å²) in [6, 6.07) is 20.5. The van der Waals surface area contributed by atoms with Crippen LogP contribution in [0.5, 0.6) is 0 Å². The zero-order valence-corrected chi connectivity index (χ0v) is 11.5. The second-order valence-electron chi connectivity index (χ2n) is 4.85. The molecule has 2 nitrogen and oxygen atoms in total. The predicted molar refractivity (Wildman–Crippen MR) is 85.3 cm³/mol. The van der Waals surface area contributed by atoms with Gasteiger partial charge in [-0.3, -0.25) is 0 Å². The van der Waals surface area contributed by atoms with Gasteiger partial charge in [-0.15, -0.1) is 0 Å². The van der Waals surface area contributed by atoms with Crippen LogP contribution in [0.2, 0.25) is 0 Å². The summed E-state index contributed by atoms with van der Waals surface area (Å²) >= 11 is 0. The molecule has 2 radical (unpaired) electrons. The van der Waals surface area contributed by atoms with Gasteiger partial charge in [-0.05, 0) is 12.5 Å². The monoisotopic (exact) mass is 258 g/mol. The van der Waals surface area contributed by atoms with Gasteiger partial charge in [0.25, 0.3) is 0 Å². The first-order chi connectivity index (χ1) is 9.75. The van der Waals surface area contributed by atoms with Gasteiger partial charge in [-0.2, -0.15) is 0 Å². The molecule has 0 atom stereocenters. The van der Waals surface area contributed by atoms with Crippen molar-refractivity contribution in [2.45, 2.75) is 6.92 Å². The molecule has 0 unspecified atom stereocenters. The molecule has 1 aliphatic rings. The minimum absolute atomic E-state index is 0.670. The van der Waals surface area contributed by atoms with E-state index >= 15 is 0 Å². The highest BCUT2D eigenvalue weighted by Crippen LogP contribution is 2.31. The quantitative estimate of drug-likeness (QED) is 0.754. The lowest BCUT2D eigenvalue weighted by atomic mass is 9.96. The number of nitrogens with zero attached hydrogens (tertiary/aromatic N) is 2. The fraction of sp³-hybridized carbons (Fsp3) is 0.118. The lowest BCUT2D eigenvalue weighted by Gasteiger charge is -2.28. The lowest BCUT2D eigenvalue weighted by Crippen LogP contribution is -2.31. The summed E-state index contributed by atoms with van der Waals surface area (Å²) in [6.45, 7) is 2.61. The highest BCUT2D eigenvalue weighted by atomic mass is 15.1.